The van der Waals surface area contributed by atoms with E-state index in [1.165, 1.54) is 0 Å². The van der Waals surface area contributed by atoms with Gasteiger partial charge in [0.1, 0.15) is 11.5 Å². The monoisotopic (exact) mass is 281 g/mol. The Balaban J connectivity index is 1.82. The molecule has 4 heteroatoms. The summed E-state index contributed by atoms with van der Waals surface area (Å²) in [6.45, 7) is 0. The van der Waals surface area contributed by atoms with Crippen LogP contribution in [0, 0.1) is 0 Å². The molecule has 0 atom stereocenters. The third-order valence-electron chi connectivity index (χ3n) is 3.60. The zero-order valence-corrected chi connectivity index (χ0v) is 11.5. The highest BCUT2D eigenvalue weighted by molar-refractivity contribution is 5.98. The average molecular weight is 281 g/mol. The fourth-order valence-electron chi connectivity index (χ4n) is 2.51. The van der Waals surface area contributed by atoms with Gasteiger partial charge in [-0.05, 0) is 60.9 Å². The first kappa shape index (κ1) is 13.4. The number of carbonyl (C=O) groups is 2. The number of ether oxygens (including phenoxy) is 1. The first-order chi connectivity index (χ1) is 10.1. The second-order valence-corrected chi connectivity index (χ2v) is 5.09. The van der Waals surface area contributed by atoms with Crippen LogP contribution in [0.2, 0.25) is 0 Å². The zero-order valence-electron chi connectivity index (χ0n) is 11.5. The summed E-state index contributed by atoms with van der Waals surface area (Å²) in [5.41, 5.74) is 7.48. The highest BCUT2D eigenvalue weighted by Crippen LogP contribution is 2.28. The Hall–Kier alpha value is -2.62. The minimum absolute atomic E-state index is 0.202. The van der Waals surface area contributed by atoms with Crippen LogP contribution in [0.5, 0.6) is 11.5 Å². The number of hydrogen-bond donors (Lipinski definition) is 1. The number of amides is 1. The molecule has 1 amide bonds. The van der Waals surface area contributed by atoms with Crippen LogP contribution in [0.4, 0.5) is 0 Å². The number of rotatable bonds is 3. The Bertz CT molecular complexity index is 704. The van der Waals surface area contributed by atoms with Crippen molar-refractivity contribution < 1.29 is 14.3 Å². The fraction of sp³-hybridized carbons (Fsp3) is 0.176. The number of carbonyl (C=O) groups excluding carboxylic acids is 2. The van der Waals surface area contributed by atoms with Gasteiger partial charge < -0.3 is 10.5 Å². The molecule has 2 aromatic rings. The van der Waals surface area contributed by atoms with Gasteiger partial charge in [0, 0.05) is 17.5 Å². The number of primary amides is 1. The lowest BCUT2D eigenvalue weighted by Crippen LogP contribution is -2.10. The molecule has 0 radical (unpaired) electrons. The summed E-state index contributed by atoms with van der Waals surface area (Å²) in [4.78, 5) is 22.8. The number of Topliss-reactive ketones (excluding diaryl/α,β-unsaturated/α-hetero) is 1. The molecule has 1 aliphatic carbocycles. The third-order valence-corrected chi connectivity index (χ3v) is 3.60. The molecule has 2 N–H and O–H groups in total. The molecule has 0 saturated heterocycles. The van der Waals surface area contributed by atoms with Gasteiger partial charge in [-0.15, -0.1) is 0 Å². The molecule has 0 spiro atoms. The van der Waals surface area contributed by atoms with Gasteiger partial charge >= 0.3 is 0 Å². The summed E-state index contributed by atoms with van der Waals surface area (Å²) in [7, 11) is 0. The van der Waals surface area contributed by atoms with Gasteiger partial charge in [-0.2, -0.15) is 0 Å². The Morgan fingerprint density at radius 3 is 2.43 bits per heavy atom. The summed E-state index contributed by atoms with van der Waals surface area (Å²) < 4.78 is 5.75. The molecule has 0 fully saturated rings. The Morgan fingerprint density at radius 1 is 1.00 bits per heavy atom. The van der Waals surface area contributed by atoms with Crippen molar-refractivity contribution in [1.82, 2.24) is 0 Å². The lowest BCUT2D eigenvalue weighted by molar-refractivity contribution is 0.0970. The zero-order chi connectivity index (χ0) is 14.8. The Kier molecular flexibility index (Phi) is 3.44. The van der Waals surface area contributed by atoms with E-state index < -0.39 is 5.91 Å². The van der Waals surface area contributed by atoms with Crippen molar-refractivity contribution in [3.8, 4) is 11.5 Å². The van der Waals surface area contributed by atoms with Gasteiger partial charge in [0.15, 0.2) is 5.78 Å². The van der Waals surface area contributed by atoms with E-state index in [1.807, 2.05) is 12.1 Å². The van der Waals surface area contributed by atoms with E-state index in [2.05, 4.69) is 0 Å². The SMILES string of the molecule is NC(=O)c1ccc(Oc2ccc3c(c2)CCCC3=O)cc1. The lowest BCUT2D eigenvalue weighted by atomic mass is 9.90. The maximum Gasteiger partial charge on any atom is 0.248 e. The normalized spacial score (nSPS) is 13.6. The molecule has 0 aromatic heterocycles. The number of hydrogen-bond acceptors (Lipinski definition) is 3. The summed E-state index contributed by atoms with van der Waals surface area (Å²) in [6.07, 6.45) is 2.42. The van der Waals surface area contributed by atoms with Crippen molar-refractivity contribution >= 4 is 11.7 Å². The van der Waals surface area contributed by atoms with Crippen molar-refractivity contribution in [2.45, 2.75) is 19.3 Å². The van der Waals surface area contributed by atoms with Crippen molar-refractivity contribution in [3.63, 3.8) is 0 Å². The molecule has 0 saturated carbocycles. The average Bonchev–Trinajstić information content (AvgIpc) is 2.48. The van der Waals surface area contributed by atoms with Crippen LogP contribution in [0.15, 0.2) is 42.5 Å². The smallest absolute Gasteiger partial charge is 0.248 e. The van der Waals surface area contributed by atoms with Crippen molar-refractivity contribution in [3.05, 3.63) is 59.2 Å². The van der Waals surface area contributed by atoms with Crippen LogP contribution in [-0.4, -0.2) is 11.7 Å². The van der Waals surface area contributed by atoms with Gasteiger partial charge in [0.2, 0.25) is 5.91 Å². The number of nitrogens with two attached hydrogens (primary N) is 1. The minimum atomic E-state index is -0.464. The Labute approximate surface area is 122 Å². The molecule has 3 rings (SSSR count). The minimum Gasteiger partial charge on any atom is -0.457 e. The summed E-state index contributed by atoms with van der Waals surface area (Å²) >= 11 is 0. The first-order valence-electron chi connectivity index (χ1n) is 6.87. The molecule has 0 bridgehead atoms. The molecule has 0 unspecified atom stereocenters. The summed E-state index contributed by atoms with van der Waals surface area (Å²) in [5.74, 6) is 1.06. The number of aryl methyl sites for hydroxylation is 1. The molecular formula is C17H15NO3. The molecular weight excluding hydrogens is 266 g/mol. The maximum atomic E-state index is 11.8. The first-order valence-corrected chi connectivity index (χ1v) is 6.87. The number of ketones is 1. The van der Waals surface area contributed by atoms with Gasteiger partial charge in [0.05, 0.1) is 0 Å². The van der Waals surface area contributed by atoms with Gasteiger partial charge in [-0.1, -0.05) is 0 Å². The van der Waals surface area contributed by atoms with Crippen LogP contribution >= 0.6 is 0 Å². The molecule has 0 aliphatic heterocycles. The number of benzene rings is 2. The maximum absolute atomic E-state index is 11.8. The second kappa shape index (κ2) is 5.40. The van der Waals surface area contributed by atoms with E-state index in [0.29, 0.717) is 23.5 Å². The van der Waals surface area contributed by atoms with Crippen LogP contribution in [-0.2, 0) is 6.42 Å². The van der Waals surface area contributed by atoms with E-state index in [9.17, 15) is 9.59 Å². The predicted octanol–water partition coefficient (Wildman–Crippen LogP) is 3.10. The number of fused-ring (bicyclic) bond motifs is 1. The van der Waals surface area contributed by atoms with E-state index in [-0.39, 0.29) is 5.78 Å². The molecule has 2 aromatic carbocycles. The van der Waals surface area contributed by atoms with Crippen LogP contribution in [0.1, 0.15) is 39.1 Å². The largest absolute Gasteiger partial charge is 0.457 e. The Morgan fingerprint density at radius 2 is 1.71 bits per heavy atom. The lowest BCUT2D eigenvalue weighted by Gasteiger charge is -2.15. The van der Waals surface area contributed by atoms with E-state index in [0.717, 1.165) is 24.0 Å². The van der Waals surface area contributed by atoms with Crippen molar-refractivity contribution in [2.75, 3.05) is 0 Å². The molecule has 106 valence electrons. The quantitative estimate of drug-likeness (QED) is 0.939. The molecule has 0 heterocycles. The van der Waals surface area contributed by atoms with E-state index >= 15 is 0 Å². The fourth-order valence-corrected chi connectivity index (χ4v) is 2.51. The highest BCUT2D eigenvalue weighted by atomic mass is 16.5. The third kappa shape index (κ3) is 2.79. The standard InChI is InChI=1S/C17H15NO3/c18-17(20)11-4-6-13(7-5-11)21-14-8-9-15-12(10-14)2-1-3-16(15)19/h4-10H,1-3H2,(H2,18,20). The van der Waals surface area contributed by atoms with Crippen molar-refractivity contribution in [1.29, 1.82) is 0 Å². The van der Waals surface area contributed by atoms with Gasteiger partial charge in [0.25, 0.3) is 0 Å². The van der Waals surface area contributed by atoms with Gasteiger partial charge in [-0.25, -0.2) is 0 Å². The van der Waals surface area contributed by atoms with Gasteiger partial charge in [-0.3, -0.25) is 9.59 Å². The summed E-state index contributed by atoms with van der Waals surface area (Å²) in [6, 6.07) is 12.2. The van der Waals surface area contributed by atoms with Crippen LogP contribution < -0.4 is 10.5 Å². The van der Waals surface area contributed by atoms with Crippen LogP contribution in [0.3, 0.4) is 0 Å². The second-order valence-electron chi connectivity index (χ2n) is 5.09. The molecule has 21 heavy (non-hydrogen) atoms. The molecule has 4 nitrogen and oxygen atoms in total. The molecule has 1 aliphatic rings. The van der Waals surface area contributed by atoms with E-state index in [1.54, 1.807) is 30.3 Å². The predicted molar refractivity (Wildman–Crippen MR) is 78.7 cm³/mol. The van der Waals surface area contributed by atoms with Crippen molar-refractivity contribution in [2.24, 2.45) is 5.73 Å². The van der Waals surface area contributed by atoms with E-state index in [4.69, 9.17) is 10.5 Å². The summed E-state index contributed by atoms with van der Waals surface area (Å²) in [5, 5.41) is 0. The topological polar surface area (TPSA) is 69.4 Å². The van der Waals surface area contributed by atoms with Crippen LogP contribution in [0.25, 0.3) is 0 Å². The highest BCUT2D eigenvalue weighted by Gasteiger charge is 2.17.